The number of aliphatic carboxylic acids is 1. The molecule has 0 aromatic heterocycles. The maximum absolute atomic E-state index is 11.1. The van der Waals surface area contributed by atoms with E-state index in [1.807, 2.05) is 11.8 Å². The predicted octanol–water partition coefficient (Wildman–Crippen LogP) is 0.240. The molecule has 0 amide bonds. The van der Waals surface area contributed by atoms with Crippen LogP contribution < -0.4 is 5.32 Å². The highest BCUT2D eigenvalue weighted by Crippen LogP contribution is 2.23. The lowest BCUT2D eigenvalue weighted by atomic mass is 10.1. The SMILES string of the molecule is O=C(O)C1CNCCN1C1CCCSC1. The first-order valence-electron chi connectivity index (χ1n) is 5.56. The fourth-order valence-electron chi connectivity index (χ4n) is 2.37. The smallest absolute Gasteiger partial charge is 0.322 e. The lowest BCUT2D eigenvalue weighted by Gasteiger charge is -2.40. The molecule has 0 aromatic carbocycles. The van der Waals surface area contributed by atoms with Gasteiger partial charge >= 0.3 is 5.97 Å². The second-order valence-corrected chi connectivity index (χ2v) is 5.32. The van der Waals surface area contributed by atoms with Crippen molar-refractivity contribution in [3.8, 4) is 0 Å². The first-order valence-corrected chi connectivity index (χ1v) is 6.71. The summed E-state index contributed by atoms with van der Waals surface area (Å²) in [5.74, 6) is 1.65. The Hall–Kier alpha value is -0.260. The molecule has 0 radical (unpaired) electrons. The summed E-state index contributed by atoms with van der Waals surface area (Å²) in [6.07, 6.45) is 2.39. The molecular formula is C10H18N2O2S. The molecule has 0 spiro atoms. The van der Waals surface area contributed by atoms with Crippen LogP contribution in [0.4, 0.5) is 0 Å². The van der Waals surface area contributed by atoms with Crippen LogP contribution in [0.1, 0.15) is 12.8 Å². The van der Waals surface area contributed by atoms with E-state index < -0.39 is 5.97 Å². The van der Waals surface area contributed by atoms with Gasteiger partial charge in [-0.15, -0.1) is 0 Å². The first kappa shape index (κ1) is 11.2. The Labute approximate surface area is 94.4 Å². The minimum absolute atomic E-state index is 0.317. The molecule has 2 atom stereocenters. The summed E-state index contributed by atoms with van der Waals surface area (Å²) in [6, 6.07) is 0.161. The monoisotopic (exact) mass is 230 g/mol. The number of hydrogen-bond acceptors (Lipinski definition) is 4. The van der Waals surface area contributed by atoms with Gasteiger partial charge in [-0.05, 0) is 18.6 Å². The van der Waals surface area contributed by atoms with Gasteiger partial charge in [-0.2, -0.15) is 11.8 Å². The van der Waals surface area contributed by atoms with Crippen molar-refractivity contribution < 1.29 is 9.90 Å². The van der Waals surface area contributed by atoms with Crippen LogP contribution in [0.15, 0.2) is 0 Å². The average Bonchev–Trinajstić information content (AvgIpc) is 2.30. The molecule has 2 rings (SSSR count). The number of rotatable bonds is 2. The van der Waals surface area contributed by atoms with Gasteiger partial charge in [0.15, 0.2) is 0 Å². The van der Waals surface area contributed by atoms with E-state index in [1.54, 1.807) is 0 Å². The average molecular weight is 230 g/mol. The molecule has 2 N–H and O–H groups in total. The highest BCUT2D eigenvalue weighted by atomic mass is 32.2. The van der Waals surface area contributed by atoms with E-state index in [0.717, 1.165) is 25.3 Å². The zero-order valence-electron chi connectivity index (χ0n) is 8.82. The molecule has 15 heavy (non-hydrogen) atoms. The fraction of sp³-hybridized carbons (Fsp3) is 0.900. The van der Waals surface area contributed by atoms with Crippen molar-refractivity contribution in [2.24, 2.45) is 0 Å². The molecule has 0 aliphatic carbocycles. The first-order chi connectivity index (χ1) is 7.29. The van der Waals surface area contributed by atoms with Crippen molar-refractivity contribution in [2.75, 3.05) is 31.1 Å². The lowest BCUT2D eigenvalue weighted by Crippen LogP contribution is -2.59. The third-order valence-electron chi connectivity index (χ3n) is 3.18. The zero-order chi connectivity index (χ0) is 10.7. The van der Waals surface area contributed by atoms with Gasteiger partial charge in [-0.3, -0.25) is 9.69 Å². The third-order valence-corrected chi connectivity index (χ3v) is 4.37. The van der Waals surface area contributed by atoms with E-state index in [1.165, 1.54) is 12.2 Å². The molecule has 0 aromatic rings. The highest BCUT2D eigenvalue weighted by molar-refractivity contribution is 7.99. The van der Waals surface area contributed by atoms with Crippen LogP contribution in [0.2, 0.25) is 0 Å². The largest absolute Gasteiger partial charge is 0.480 e. The Balaban J connectivity index is 1.99. The Morgan fingerprint density at radius 2 is 2.40 bits per heavy atom. The number of carboxylic acid groups (broad SMARTS) is 1. The second kappa shape index (κ2) is 5.18. The van der Waals surface area contributed by atoms with Gasteiger partial charge in [0, 0.05) is 31.4 Å². The van der Waals surface area contributed by atoms with E-state index in [2.05, 4.69) is 10.2 Å². The van der Waals surface area contributed by atoms with Gasteiger partial charge in [0.25, 0.3) is 0 Å². The van der Waals surface area contributed by atoms with Gasteiger partial charge in [0.05, 0.1) is 0 Å². The summed E-state index contributed by atoms with van der Waals surface area (Å²) in [5, 5.41) is 12.3. The summed E-state index contributed by atoms with van der Waals surface area (Å²) in [7, 11) is 0. The quantitative estimate of drug-likeness (QED) is 0.712. The van der Waals surface area contributed by atoms with Crippen molar-refractivity contribution in [3.05, 3.63) is 0 Å². The lowest BCUT2D eigenvalue weighted by molar-refractivity contribution is -0.145. The topological polar surface area (TPSA) is 52.6 Å². The molecule has 2 aliphatic heterocycles. The number of thioether (sulfide) groups is 1. The van der Waals surface area contributed by atoms with E-state index >= 15 is 0 Å². The van der Waals surface area contributed by atoms with E-state index in [-0.39, 0.29) is 6.04 Å². The third kappa shape index (κ3) is 2.65. The molecule has 2 saturated heterocycles. The van der Waals surface area contributed by atoms with Gasteiger partial charge < -0.3 is 10.4 Å². The summed E-state index contributed by atoms with van der Waals surface area (Å²) in [6.45, 7) is 2.39. The molecule has 0 saturated carbocycles. The Bertz CT molecular complexity index is 231. The standard InChI is InChI=1S/C10H18N2O2S/c13-10(14)9-6-11-3-4-12(9)8-2-1-5-15-7-8/h8-9,11H,1-7H2,(H,13,14). The number of nitrogens with one attached hydrogen (secondary N) is 1. The Kier molecular flexibility index (Phi) is 3.88. The summed E-state index contributed by atoms with van der Waals surface area (Å²) >= 11 is 1.96. The minimum Gasteiger partial charge on any atom is -0.480 e. The number of carbonyl (C=O) groups is 1. The van der Waals surface area contributed by atoms with Crippen LogP contribution in [0.25, 0.3) is 0 Å². The van der Waals surface area contributed by atoms with Crippen LogP contribution >= 0.6 is 11.8 Å². The maximum Gasteiger partial charge on any atom is 0.322 e. The van der Waals surface area contributed by atoms with E-state index in [4.69, 9.17) is 5.11 Å². The number of piperazine rings is 1. The Morgan fingerprint density at radius 3 is 3.07 bits per heavy atom. The fourth-order valence-corrected chi connectivity index (χ4v) is 3.54. The van der Waals surface area contributed by atoms with E-state index in [0.29, 0.717) is 12.6 Å². The normalized spacial score (nSPS) is 33.9. The van der Waals surface area contributed by atoms with Crippen LogP contribution in [-0.2, 0) is 4.79 Å². The molecule has 2 aliphatic rings. The van der Waals surface area contributed by atoms with Crippen molar-refractivity contribution in [1.29, 1.82) is 0 Å². The van der Waals surface area contributed by atoms with Gasteiger partial charge in [0.2, 0.25) is 0 Å². The number of nitrogens with zero attached hydrogens (tertiary/aromatic N) is 1. The van der Waals surface area contributed by atoms with Gasteiger partial charge in [-0.25, -0.2) is 0 Å². The molecule has 2 heterocycles. The Morgan fingerprint density at radius 1 is 1.53 bits per heavy atom. The highest BCUT2D eigenvalue weighted by Gasteiger charge is 2.33. The molecule has 2 unspecified atom stereocenters. The molecule has 0 bridgehead atoms. The van der Waals surface area contributed by atoms with Crippen LogP contribution in [-0.4, -0.2) is 59.2 Å². The van der Waals surface area contributed by atoms with Crippen LogP contribution in [0.3, 0.4) is 0 Å². The van der Waals surface area contributed by atoms with Crippen molar-refractivity contribution in [3.63, 3.8) is 0 Å². The van der Waals surface area contributed by atoms with Crippen molar-refractivity contribution in [2.45, 2.75) is 24.9 Å². The molecule has 86 valence electrons. The van der Waals surface area contributed by atoms with Crippen molar-refractivity contribution >= 4 is 17.7 Å². The minimum atomic E-state index is -0.683. The predicted molar refractivity (Wildman–Crippen MR) is 61.3 cm³/mol. The summed E-state index contributed by atoms with van der Waals surface area (Å²) in [4.78, 5) is 13.3. The van der Waals surface area contributed by atoms with E-state index in [9.17, 15) is 4.79 Å². The van der Waals surface area contributed by atoms with Crippen LogP contribution in [0, 0.1) is 0 Å². The van der Waals surface area contributed by atoms with Gasteiger partial charge in [0.1, 0.15) is 6.04 Å². The number of carboxylic acids is 1. The molecule has 4 nitrogen and oxygen atoms in total. The summed E-state index contributed by atoms with van der Waals surface area (Å²) < 4.78 is 0. The zero-order valence-corrected chi connectivity index (χ0v) is 9.63. The molecular weight excluding hydrogens is 212 g/mol. The number of hydrogen-bond donors (Lipinski definition) is 2. The van der Waals surface area contributed by atoms with Crippen LogP contribution in [0.5, 0.6) is 0 Å². The van der Waals surface area contributed by atoms with Gasteiger partial charge in [-0.1, -0.05) is 0 Å². The summed E-state index contributed by atoms with van der Waals surface area (Å²) in [5.41, 5.74) is 0. The second-order valence-electron chi connectivity index (χ2n) is 4.17. The van der Waals surface area contributed by atoms with Crippen molar-refractivity contribution in [1.82, 2.24) is 10.2 Å². The molecule has 5 heteroatoms. The molecule has 2 fully saturated rings. The maximum atomic E-state index is 11.1.